The van der Waals surface area contributed by atoms with E-state index in [-0.39, 0.29) is 0 Å². The van der Waals surface area contributed by atoms with Crippen LogP contribution in [-0.2, 0) is 0 Å². The molecule has 4 heteroatoms. The van der Waals surface area contributed by atoms with Gasteiger partial charge in [-0.3, -0.25) is 0 Å². The summed E-state index contributed by atoms with van der Waals surface area (Å²) >= 11 is 0. The Balaban J connectivity index is 0.987. The van der Waals surface area contributed by atoms with Gasteiger partial charge in [0.05, 0.1) is 16.7 Å². The van der Waals surface area contributed by atoms with E-state index in [1.807, 2.05) is 36.4 Å². The highest BCUT2D eigenvalue weighted by Crippen LogP contribution is 2.39. The van der Waals surface area contributed by atoms with Crippen molar-refractivity contribution in [1.82, 2.24) is 9.97 Å². The molecule has 1 N–H and O–H groups in total. The lowest BCUT2D eigenvalue weighted by Crippen LogP contribution is -2.17. The van der Waals surface area contributed by atoms with Gasteiger partial charge < -0.3 is 4.42 Å². The largest absolute Gasteiger partial charge is 0.456 e. The molecule has 2 heterocycles. The molecule has 0 saturated heterocycles. The lowest BCUT2D eigenvalue weighted by atomic mass is 9.95. The number of nitrogens with one attached hydrogen (secondary N) is 1. The minimum atomic E-state index is 0.626. The minimum Gasteiger partial charge on any atom is -0.456 e. The molecule has 0 spiro atoms. The summed E-state index contributed by atoms with van der Waals surface area (Å²) in [5.41, 5.74) is 11.5. The Hall–Kier alpha value is -7.69. The molecular weight excluding hydrogens is 695 g/mol. The number of furan rings is 1. The highest BCUT2D eigenvalue weighted by atomic mass is 16.3. The first-order valence-corrected chi connectivity index (χ1v) is 19.2. The maximum atomic E-state index is 6.47. The Bertz CT molecular complexity index is 3260. The lowest BCUT2D eigenvalue weighted by Gasteiger charge is -2.09. The molecule has 0 aliphatic rings. The fourth-order valence-electron chi connectivity index (χ4n) is 8.09. The number of hydrogen-bond acceptors (Lipinski definition) is 3. The highest BCUT2D eigenvalue weighted by Gasteiger charge is 2.24. The van der Waals surface area contributed by atoms with Gasteiger partial charge in [-0.05, 0) is 110 Å². The third-order valence-corrected chi connectivity index (χ3v) is 11.0. The van der Waals surface area contributed by atoms with Gasteiger partial charge in [0.15, 0.2) is 0 Å². The second-order valence-electron chi connectivity index (χ2n) is 14.5. The zero-order chi connectivity index (χ0) is 37.7. The molecule has 266 valence electrons. The minimum absolute atomic E-state index is 0.626. The van der Waals surface area contributed by atoms with E-state index < -0.39 is 0 Å². The van der Waals surface area contributed by atoms with Gasteiger partial charge in [0.2, 0.25) is 0 Å². The Kier molecular flexibility index (Phi) is 7.78. The number of benzene rings is 9. The van der Waals surface area contributed by atoms with E-state index in [1.165, 1.54) is 38.2 Å². The topological polar surface area (TPSA) is 53.1 Å². The summed E-state index contributed by atoms with van der Waals surface area (Å²) < 4.78 is 6.47. The van der Waals surface area contributed by atoms with E-state index in [0.717, 1.165) is 67.0 Å². The molecule has 0 fully saturated rings. The number of H-pyrrole nitrogens is 1. The van der Waals surface area contributed by atoms with E-state index in [0.29, 0.717) is 5.82 Å². The van der Waals surface area contributed by atoms with Crippen molar-refractivity contribution in [2.45, 2.75) is 0 Å². The molecule has 0 bridgehead atoms. The zero-order valence-electron chi connectivity index (χ0n) is 30.9. The average Bonchev–Trinajstić information content (AvgIpc) is 3.68. The molecule has 0 radical (unpaired) electrons. The van der Waals surface area contributed by atoms with Crippen LogP contribution in [0.25, 0.3) is 111 Å². The van der Waals surface area contributed by atoms with Crippen molar-refractivity contribution < 1.29 is 9.40 Å². The molecule has 0 unspecified atom stereocenters. The Morgan fingerprint density at radius 3 is 1.60 bits per heavy atom. The number of hydrogen-bond donors (Lipinski definition) is 0. The van der Waals surface area contributed by atoms with Crippen molar-refractivity contribution in [2.24, 2.45) is 0 Å². The van der Waals surface area contributed by atoms with Crippen LogP contribution in [0.5, 0.6) is 0 Å². The Morgan fingerprint density at radius 1 is 0.333 bits per heavy atom. The van der Waals surface area contributed by atoms with E-state index in [1.54, 1.807) is 0 Å². The maximum Gasteiger partial charge on any atom is 0.309 e. The summed E-state index contributed by atoms with van der Waals surface area (Å²) in [4.78, 5) is 13.9. The van der Waals surface area contributed by atoms with Crippen molar-refractivity contribution in [1.29, 1.82) is 0 Å². The van der Waals surface area contributed by atoms with Gasteiger partial charge in [-0.25, -0.2) is 4.98 Å². The van der Waals surface area contributed by atoms with Gasteiger partial charge in [0.1, 0.15) is 11.2 Å². The quantitative estimate of drug-likeness (QED) is 0.160. The van der Waals surface area contributed by atoms with Crippen LogP contribution in [0.3, 0.4) is 0 Å². The number of rotatable bonds is 6. The molecule has 11 rings (SSSR count). The van der Waals surface area contributed by atoms with Crippen LogP contribution >= 0.6 is 0 Å². The third kappa shape index (κ3) is 5.92. The van der Waals surface area contributed by atoms with Crippen LogP contribution in [0, 0.1) is 0 Å². The van der Waals surface area contributed by atoms with Crippen LogP contribution in [-0.4, -0.2) is 9.97 Å². The van der Waals surface area contributed by atoms with Crippen LogP contribution in [0.4, 0.5) is 0 Å². The highest BCUT2D eigenvalue weighted by molar-refractivity contribution is 6.13. The number of fused-ring (bicyclic) bond motifs is 6. The first kappa shape index (κ1) is 32.7. The molecule has 0 aliphatic carbocycles. The fraction of sp³-hybridized carbons (Fsp3) is 0. The molecule has 4 nitrogen and oxygen atoms in total. The molecule has 2 aromatic heterocycles. The van der Waals surface area contributed by atoms with Gasteiger partial charge >= 0.3 is 5.82 Å². The van der Waals surface area contributed by atoms with Gasteiger partial charge in [-0.15, -0.1) is 0 Å². The Morgan fingerprint density at radius 2 is 0.860 bits per heavy atom. The van der Waals surface area contributed by atoms with Crippen LogP contribution < -0.4 is 4.98 Å². The summed E-state index contributed by atoms with van der Waals surface area (Å²) in [6.45, 7) is 0. The van der Waals surface area contributed by atoms with E-state index in [4.69, 9.17) is 14.4 Å². The van der Waals surface area contributed by atoms with E-state index >= 15 is 0 Å². The van der Waals surface area contributed by atoms with Crippen molar-refractivity contribution >= 4 is 43.5 Å². The molecular formula is C53H34N3O+. The predicted molar refractivity (Wildman–Crippen MR) is 233 cm³/mol. The SMILES string of the molecule is c1ccc(-c2ccc(-c3nc(-c4cccc5oc6ccc(-c7ccc(-c8ccc9c(ccc%10ccccc%109)c8)cc7)cc6c45)nc(-c4ccccc4)[nH+]3)cc2)cc1. The van der Waals surface area contributed by atoms with Crippen LogP contribution in [0.1, 0.15) is 0 Å². The molecule has 11 aromatic rings. The van der Waals surface area contributed by atoms with Crippen molar-refractivity contribution in [3.8, 4) is 67.5 Å². The molecule has 0 aliphatic heterocycles. The first-order chi connectivity index (χ1) is 28.2. The van der Waals surface area contributed by atoms with E-state index in [9.17, 15) is 0 Å². The van der Waals surface area contributed by atoms with Gasteiger partial charge in [0.25, 0.3) is 11.6 Å². The van der Waals surface area contributed by atoms with Crippen molar-refractivity contribution in [3.63, 3.8) is 0 Å². The monoisotopic (exact) mass is 728 g/mol. The van der Waals surface area contributed by atoms with Gasteiger partial charge in [0, 0.05) is 10.8 Å². The standard InChI is InChI=1S/C53H33N3O/c1-3-10-34(11-4-1)35-22-25-40(26-23-35)52-54-51(39-13-5-2-6-14-39)55-53(56-52)46-16-9-17-49-50(46)47-33-42(29-31-48(47)57-49)37-20-18-36(19-21-37)41-28-30-45-43(32-41)27-24-38-12-7-8-15-44(38)45/h1-33H/p+1. The zero-order valence-corrected chi connectivity index (χ0v) is 30.9. The lowest BCUT2D eigenvalue weighted by molar-refractivity contribution is -0.359. The number of aromatic nitrogens is 3. The summed E-state index contributed by atoms with van der Waals surface area (Å²) in [7, 11) is 0. The summed E-state index contributed by atoms with van der Waals surface area (Å²) in [6.07, 6.45) is 0. The molecule has 0 amide bonds. The second kappa shape index (κ2) is 13.6. The van der Waals surface area contributed by atoms with Crippen molar-refractivity contribution in [2.75, 3.05) is 0 Å². The smallest absolute Gasteiger partial charge is 0.309 e. The molecule has 57 heavy (non-hydrogen) atoms. The average molecular weight is 729 g/mol. The van der Waals surface area contributed by atoms with Crippen LogP contribution in [0.2, 0.25) is 0 Å². The fourth-order valence-corrected chi connectivity index (χ4v) is 8.09. The van der Waals surface area contributed by atoms with E-state index in [2.05, 4.69) is 169 Å². The first-order valence-electron chi connectivity index (χ1n) is 19.2. The Labute approximate surface area is 329 Å². The number of aromatic amines is 1. The molecule has 0 saturated carbocycles. The summed E-state index contributed by atoms with van der Waals surface area (Å²) in [5.74, 6) is 2.11. The summed E-state index contributed by atoms with van der Waals surface area (Å²) in [6, 6.07) is 70.4. The summed E-state index contributed by atoms with van der Waals surface area (Å²) in [5, 5.41) is 7.08. The van der Waals surface area contributed by atoms with Crippen LogP contribution in [0.15, 0.2) is 205 Å². The molecule has 9 aromatic carbocycles. The maximum absolute atomic E-state index is 6.47. The van der Waals surface area contributed by atoms with Gasteiger partial charge in [-0.1, -0.05) is 156 Å². The van der Waals surface area contributed by atoms with Crippen molar-refractivity contribution in [3.05, 3.63) is 200 Å². The second-order valence-corrected chi connectivity index (χ2v) is 14.5. The third-order valence-electron chi connectivity index (χ3n) is 11.0. The predicted octanol–water partition coefficient (Wildman–Crippen LogP) is 13.5. The number of nitrogens with zero attached hydrogens (tertiary/aromatic N) is 2. The molecule has 0 atom stereocenters. The van der Waals surface area contributed by atoms with Gasteiger partial charge in [-0.2, -0.15) is 0 Å². The normalized spacial score (nSPS) is 11.5.